The molecule has 0 saturated carbocycles. The second-order valence-corrected chi connectivity index (χ2v) is 11.9. The molecule has 180 valence electrons. The van der Waals surface area contributed by atoms with Gasteiger partial charge in [-0.25, -0.2) is 4.79 Å². The third kappa shape index (κ3) is 7.43. The summed E-state index contributed by atoms with van der Waals surface area (Å²) in [6.45, 7) is 17.6. The average Bonchev–Trinajstić information content (AvgIpc) is 3.26. The van der Waals surface area contributed by atoms with E-state index in [1.807, 2.05) is 40.0 Å². The van der Waals surface area contributed by atoms with Gasteiger partial charge in [-0.05, 0) is 47.7 Å². The summed E-state index contributed by atoms with van der Waals surface area (Å²) in [6, 6.07) is 14.6. The highest BCUT2D eigenvalue weighted by Crippen LogP contribution is 2.52. The van der Waals surface area contributed by atoms with Gasteiger partial charge in [-0.15, -0.1) is 23.5 Å². The van der Waals surface area contributed by atoms with Gasteiger partial charge in [0.05, 0.1) is 12.6 Å². The zero-order valence-corrected chi connectivity index (χ0v) is 23.1. The van der Waals surface area contributed by atoms with E-state index < -0.39 is 4.08 Å². The van der Waals surface area contributed by atoms with Crippen molar-refractivity contribution in [2.45, 2.75) is 65.5 Å². The Balaban J connectivity index is 0.000000488. The molecule has 1 N–H and O–H groups in total. The maximum absolute atomic E-state index is 12.7. The number of thioether (sulfide) groups is 2. The summed E-state index contributed by atoms with van der Waals surface area (Å²) in [5, 5.41) is 5.77. The summed E-state index contributed by atoms with van der Waals surface area (Å²) in [7, 11) is 1.92. The number of benzene rings is 2. The lowest BCUT2D eigenvalue weighted by molar-refractivity contribution is -0.144. The lowest BCUT2D eigenvalue weighted by Crippen LogP contribution is -2.43. The van der Waals surface area contributed by atoms with Gasteiger partial charge in [-0.2, -0.15) is 0 Å². The van der Waals surface area contributed by atoms with Crippen LogP contribution in [0.4, 0.5) is 0 Å². The van der Waals surface area contributed by atoms with Crippen LogP contribution in [0.15, 0.2) is 42.5 Å². The Labute approximate surface area is 204 Å². The summed E-state index contributed by atoms with van der Waals surface area (Å²) < 4.78 is 4.80. The topological polar surface area (TPSA) is 38.3 Å². The normalized spacial score (nSPS) is 15.9. The number of nitrogens with one attached hydrogen (secondary N) is 1. The summed E-state index contributed by atoms with van der Waals surface area (Å²) >= 11 is 3.39. The van der Waals surface area contributed by atoms with Crippen LogP contribution in [0.3, 0.4) is 0 Å². The van der Waals surface area contributed by atoms with Crippen LogP contribution < -0.4 is 5.32 Å². The van der Waals surface area contributed by atoms with Gasteiger partial charge in [0.1, 0.15) is 0 Å². The maximum atomic E-state index is 12.7. The van der Waals surface area contributed by atoms with E-state index in [4.69, 9.17) is 4.74 Å². The number of rotatable bonds is 5. The van der Waals surface area contributed by atoms with Crippen molar-refractivity contribution in [3.8, 4) is 0 Å². The number of carbonyl (C=O) groups excluding carboxylic acids is 1. The van der Waals surface area contributed by atoms with Crippen LogP contribution in [-0.4, -0.2) is 35.2 Å². The second kappa shape index (κ2) is 13.5. The molecule has 2 aromatic rings. The van der Waals surface area contributed by atoms with Crippen LogP contribution in [0.2, 0.25) is 0 Å². The van der Waals surface area contributed by atoms with Crippen LogP contribution >= 0.6 is 23.5 Å². The van der Waals surface area contributed by atoms with Crippen LogP contribution in [0.25, 0.3) is 10.8 Å². The van der Waals surface area contributed by atoms with Gasteiger partial charge in [0.2, 0.25) is 0 Å². The van der Waals surface area contributed by atoms with Crippen molar-refractivity contribution in [1.29, 1.82) is 0 Å². The number of ether oxygens (including phenoxy) is 1. The largest absolute Gasteiger partial charge is 0.464 e. The lowest BCUT2D eigenvalue weighted by atomic mass is 9.84. The molecular formula is C27H43NO2S2. The molecule has 2 aromatic carbocycles. The highest BCUT2D eigenvalue weighted by atomic mass is 32.2. The number of esters is 1. The fourth-order valence-electron chi connectivity index (χ4n) is 3.03. The van der Waals surface area contributed by atoms with Gasteiger partial charge >= 0.3 is 5.97 Å². The summed E-state index contributed by atoms with van der Waals surface area (Å²) in [6.07, 6.45) is 0. The van der Waals surface area contributed by atoms with E-state index in [1.165, 1.54) is 10.8 Å². The average molecular weight is 478 g/mol. The van der Waals surface area contributed by atoms with E-state index in [9.17, 15) is 4.79 Å². The van der Waals surface area contributed by atoms with E-state index in [-0.39, 0.29) is 12.0 Å². The molecule has 0 amide bonds. The fourth-order valence-corrected chi connectivity index (χ4v) is 6.33. The van der Waals surface area contributed by atoms with E-state index in [0.717, 1.165) is 23.0 Å². The number of fused-ring (bicyclic) bond motifs is 1. The van der Waals surface area contributed by atoms with Gasteiger partial charge < -0.3 is 10.1 Å². The third-order valence-corrected chi connectivity index (χ3v) is 9.23. The predicted molar refractivity (Wildman–Crippen MR) is 146 cm³/mol. The molecule has 1 fully saturated rings. The first-order valence-corrected chi connectivity index (χ1v) is 13.7. The molecule has 32 heavy (non-hydrogen) atoms. The van der Waals surface area contributed by atoms with Crippen molar-refractivity contribution in [2.24, 2.45) is 11.3 Å². The van der Waals surface area contributed by atoms with Crippen molar-refractivity contribution in [1.82, 2.24) is 5.32 Å². The first-order valence-electron chi connectivity index (χ1n) is 11.8. The van der Waals surface area contributed by atoms with Crippen molar-refractivity contribution in [3.05, 3.63) is 48.0 Å². The van der Waals surface area contributed by atoms with E-state index in [0.29, 0.717) is 12.0 Å². The Kier molecular flexibility index (Phi) is 12.2. The molecule has 1 heterocycles. The Hall–Kier alpha value is -1.17. The number of carbonyl (C=O) groups is 1. The number of hydrogen-bond donors (Lipinski definition) is 1. The second-order valence-electron chi connectivity index (χ2n) is 8.93. The molecular weight excluding hydrogens is 434 g/mol. The van der Waals surface area contributed by atoms with Crippen molar-refractivity contribution >= 4 is 40.3 Å². The van der Waals surface area contributed by atoms with Crippen LogP contribution in [0, 0.1) is 11.3 Å². The zero-order valence-electron chi connectivity index (χ0n) is 21.5. The van der Waals surface area contributed by atoms with Gasteiger partial charge in [-0.3, -0.25) is 0 Å². The molecule has 1 aliphatic heterocycles. The molecule has 0 bridgehead atoms. The standard InChI is InChI=1S/C18H21NO2S2.C7H16.C2H6/c1-3-21-17(20)18(22-10-11-23-18)16(19-2)15-9-8-13-6-4-5-7-14(13)12-15;1-6(2)7(3,4)5;1-2/h4-9,12,16,19H,3,10-11H2,1-2H3;6H,1-5H3;1-2H3. The van der Waals surface area contributed by atoms with Gasteiger partial charge in [-0.1, -0.05) is 84.9 Å². The third-order valence-electron chi connectivity index (χ3n) is 5.78. The van der Waals surface area contributed by atoms with E-state index in [1.54, 1.807) is 23.5 Å². The molecule has 0 spiro atoms. The molecule has 0 aromatic heterocycles. The van der Waals surface area contributed by atoms with Gasteiger partial charge in [0.25, 0.3) is 0 Å². The minimum Gasteiger partial charge on any atom is -0.464 e. The van der Waals surface area contributed by atoms with Crippen LogP contribution in [-0.2, 0) is 9.53 Å². The molecule has 1 saturated heterocycles. The highest BCUT2D eigenvalue weighted by Gasteiger charge is 2.51. The molecule has 1 unspecified atom stereocenters. The van der Waals surface area contributed by atoms with Crippen LogP contribution in [0.5, 0.6) is 0 Å². The first kappa shape index (κ1) is 28.9. The molecule has 1 atom stereocenters. The van der Waals surface area contributed by atoms with Crippen molar-refractivity contribution in [3.63, 3.8) is 0 Å². The smallest absolute Gasteiger partial charge is 0.334 e. The predicted octanol–water partition coefficient (Wildman–Crippen LogP) is 7.55. The van der Waals surface area contributed by atoms with Gasteiger partial charge in [0.15, 0.2) is 4.08 Å². The summed E-state index contributed by atoms with van der Waals surface area (Å²) in [5.41, 5.74) is 1.63. The minimum atomic E-state index is -0.604. The van der Waals surface area contributed by atoms with Crippen LogP contribution in [0.1, 0.15) is 67.0 Å². The SMILES string of the molecule is CC.CC(C)C(C)(C)C.CCOC(=O)C1(C(NC)c2ccc3ccccc3c2)SCCS1. The zero-order chi connectivity index (χ0) is 24.4. The lowest BCUT2D eigenvalue weighted by Gasteiger charge is -2.33. The minimum absolute atomic E-state index is 0.0799. The Morgan fingerprint density at radius 3 is 2.06 bits per heavy atom. The monoisotopic (exact) mass is 477 g/mol. The Bertz CT molecular complexity index is 824. The first-order chi connectivity index (χ1) is 15.2. The number of hydrogen-bond acceptors (Lipinski definition) is 5. The Morgan fingerprint density at radius 1 is 1.06 bits per heavy atom. The van der Waals surface area contributed by atoms with Crippen molar-refractivity contribution < 1.29 is 9.53 Å². The fraction of sp³-hybridized carbons (Fsp3) is 0.593. The van der Waals surface area contributed by atoms with E-state index >= 15 is 0 Å². The molecule has 5 heteroatoms. The maximum Gasteiger partial charge on any atom is 0.334 e. The molecule has 1 aliphatic rings. The Morgan fingerprint density at radius 2 is 1.59 bits per heavy atom. The summed E-state index contributed by atoms with van der Waals surface area (Å²) in [5.74, 6) is 2.61. The molecule has 0 radical (unpaired) electrons. The van der Waals surface area contributed by atoms with Gasteiger partial charge in [0, 0.05) is 11.5 Å². The molecule has 3 nitrogen and oxygen atoms in total. The highest BCUT2D eigenvalue weighted by molar-refractivity contribution is 8.22. The quantitative estimate of drug-likeness (QED) is 0.450. The molecule has 0 aliphatic carbocycles. The molecule has 3 rings (SSSR count). The van der Waals surface area contributed by atoms with Crippen molar-refractivity contribution in [2.75, 3.05) is 25.2 Å². The van der Waals surface area contributed by atoms with E-state index in [2.05, 4.69) is 70.3 Å². The summed E-state index contributed by atoms with van der Waals surface area (Å²) in [4.78, 5) is 12.7.